The van der Waals surface area contributed by atoms with Gasteiger partial charge in [-0.2, -0.15) is 0 Å². The van der Waals surface area contributed by atoms with Crippen LogP contribution in [0.25, 0.3) is 0 Å². The van der Waals surface area contributed by atoms with Gasteiger partial charge >= 0.3 is 0 Å². The maximum Gasteiger partial charge on any atom is 0.274 e. The van der Waals surface area contributed by atoms with Crippen LogP contribution in [0.4, 0.5) is 5.69 Å². The minimum atomic E-state index is -0.405. The van der Waals surface area contributed by atoms with Gasteiger partial charge in [0.2, 0.25) is 5.91 Å². The van der Waals surface area contributed by atoms with Crippen LogP contribution in [0, 0.1) is 10.1 Å². The van der Waals surface area contributed by atoms with Gasteiger partial charge in [-0.15, -0.1) is 0 Å². The van der Waals surface area contributed by atoms with Crippen molar-refractivity contribution in [3.63, 3.8) is 0 Å². The monoisotopic (exact) mass is 293 g/mol. The molecule has 1 aliphatic rings. The summed E-state index contributed by atoms with van der Waals surface area (Å²) in [5.74, 6) is -0.0104. The lowest BCUT2D eigenvalue weighted by atomic mass is 10.1. The van der Waals surface area contributed by atoms with Gasteiger partial charge in [0, 0.05) is 30.8 Å². The second-order valence-corrected chi connectivity index (χ2v) is 4.91. The largest absolute Gasteiger partial charge is 0.378 e. The number of nitrogens with one attached hydrogen (secondary N) is 1. The van der Waals surface area contributed by atoms with Gasteiger partial charge in [-0.25, -0.2) is 0 Å². The minimum absolute atomic E-state index is 0.0104. The van der Waals surface area contributed by atoms with Crippen molar-refractivity contribution in [2.24, 2.45) is 0 Å². The van der Waals surface area contributed by atoms with Crippen molar-refractivity contribution in [2.45, 2.75) is 13.0 Å². The number of morpholine rings is 1. The zero-order valence-corrected chi connectivity index (χ0v) is 11.9. The van der Waals surface area contributed by atoms with Crippen molar-refractivity contribution in [1.82, 2.24) is 10.2 Å². The summed E-state index contributed by atoms with van der Waals surface area (Å²) in [6, 6.07) is 6.29. The van der Waals surface area contributed by atoms with Gasteiger partial charge in [-0.05, 0) is 6.92 Å². The Morgan fingerprint density at radius 2 is 2.10 bits per heavy atom. The summed E-state index contributed by atoms with van der Waals surface area (Å²) in [6.07, 6.45) is 0. The van der Waals surface area contributed by atoms with Crippen LogP contribution in [0.5, 0.6) is 0 Å². The van der Waals surface area contributed by atoms with Crippen LogP contribution in [0.2, 0.25) is 0 Å². The van der Waals surface area contributed by atoms with E-state index in [1.165, 1.54) is 6.07 Å². The van der Waals surface area contributed by atoms with E-state index in [0.29, 0.717) is 31.9 Å². The summed E-state index contributed by atoms with van der Waals surface area (Å²) in [6.45, 7) is 4.29. The van der Waals surface area contributed by atoms with Gasteiger partial charge in [0.25, 0.3) is 5.69 Å². The molecule has 1 saturated heterocycles. The highest BCUT2D eigenvalue weighted by molar-refractivity contribution is 5.78. The molecule has 7 heteroatoms. The third kappa shape index (κ3) is 3.99. The average molecular weight is 293 g/mol. The predicted molar refractivity (Wildman–Crippen MR) is 76.9 cm³/mol. The van der Waals surface area contributed by atoms with Crippen molar-refractivity contribution in [3.05, 3.63) is 39.9 Å². The lowest BCUT2D eigenvalue weighted by Crippen LogP contribution is -2.45. The van der Waals surface area contributed by atoms with E-state index in [2.05, 4.69) is 5.32 Å². The molecular weight excluding hydrogens is 274 g/mol. The van der Waals surface area contributed by atoms with E-state index in [0.717, 1.165) is 0 Å². The Balaban J connectivity index is 1.94. The number of hydrogen-bond acceptors (Lipinski definition) is 5. The Morgan fingerprint density at radius 3 is 2.76 bits per heavy atom. The van der Waals surface area contributed by atoms with Crippen molar-refractivity contribution in [1.29, 1.82) is 0 Å². The highest BCUT2D eigenvalue weighted by atomic mass is 16.6. The fraction of sp³-hybridized carbons (Fsp3) is 0.500. The molecule has 0 aromatic heterocycles. The second kappa shape index (κ2) is 7.14. The van der Waals surface area contributed by atoms with E-state index < -0.39 is 4.92 Å². The van der Waals surface area contributed by atoms with Crippen molar-refractivity contribution >= 4 is 11.6 Å². The molecule has 1 heterocycles. The lowest BCUT2D eigenvalue weighted by molar-refractivity contribution is -0.385. The number of rotatable bonds is 5. The SMILES string of the molecule is CC(NCC(=O)N1CCOCC1)c1ccccc1[N+](=O)[O-]. The molecule has 1 aromatic rings. The molecule has 21 heavy (non-hydrogen) atoms. The van der Waals surface area contributed by atoms with Crippen molar-refractivity contribution in [2.75, 3.05) is 32.8 Å². The maximum atomic E-state index is 12.0. The van der Waals surface area contributed by atoms with E-state index in [1.54, 1.807) is 23.1 Å². The number of carbonyl (C=O) groups is 1. The smallest absolute Gasteiger partial charge is 0.274 e. The Hall–Kier alpha value is -1.99. The molecule has 1 unspecified atom stereocenters. The highest BCUT2D eigenvalue weighted by Gasteiger charge is 2.20. The van der Waals surface area contributed by atoms with E-state index >= 15 is 0 Å². The third-order valence-electron chi connectivity index (χ3n) is 3.52. The Labute approximate surface area is 123 Å². The Morgan fingerprint density at radius 1 is 1.43 bits per heavy atom. The van der Waals surface area contributed by atoms with Gasteiger partial charge in [0.05, 0.1) is 24.7 Å². The number of nitro benzene ring substituents is 1. The van der Waals surface area contributed by atoms with Crippen LogP contribution < -0.4 is 5.32 Å². The fourth-order valence-corrected chi connectivity index (χ4v) is 2.29. The molecule has 0 bridgehead atoms. The molecule has 2 rings (SSSR count). The molecule has 0 radical (unpaired) electrons. The zero-order valence-electron chi connectivity index (χ0n) is 11.9. The van der Waals surface area contributed by atoms with E-state index in [1.807, 2.05) is 6.92 Å². The van der Waals surface area contributed by atoms with Crippen LogP contribution in [0.1, 0.15) is 18.5 Å². The summed E-state index contributed by atoms with van der Waals surface area (Å²) in [5, 5.41) is 14.1. The van der Waals surface area contributed by atoms with Gasteiger partial charge < -0.3 is 15.0 Å². The van der Waals surface area contributed by atoms with Crippen LogP contribution in [-0.2, 0) is 9.53 Å². The third-order valence-corrected chi connectivity index (χ3v) is 3.52. The number of para-hydroxylation sites is 1. The molecule has 7 nitrogen and oxygen atoms in total. The van der Waals surface area contributed by atoms with Crippen molar-refractivity contribution < 1.29 is 14.5 Å². The van der Waals surface area contributed by atoms with E-state index in [9.17, 15) is 14.9 Å². The molecule has 1 fully saturated rings. The van der Waals surface area contributed by atoms with Gasteiger partial charge in [0.1, 0.15) is 0 Å². The molecule has 1 aromatic carbocycles. The standard InChI is InChI=1S/C14H19N3O4/c1-11(12-4-2-3-5-13(12)17(19)20)15-10-14(18)16-6-8-21-9-7-16/h2-5,11,15H,6-10H2,1H3. The number of nitro groups is 1. The summed E-state index contributed by atoms with van der Waals surface area (Å²) in [5.41, 5.74) is 0.647. The van der Waals surface area contributed by atoms with Gasteiger partial charge in [-0.1, -0.05) is 18.2 Å². The van der Waals surface area contributed by atoms with Gasteiger partial charge in [-0.3, -0.25) is 14.9 Å². The highest BCUT2D eigenvalue weighted by Crippen LogP contribution is 2.24. The number of benzene rings is 1. The quantitative estimate of drug-likeness (QED) is 0.649. The van der Waals surface area contributed by atoms with Crippen LogP contribution >= 0.6 is 0 Å². The predicted octanol–water partition coefficient (Wildman–Crippen LogP) is 1.10. The molecule has 1 amide bonds. The summed E-state index contributed by atoms with van der Waals surface area (Å²) in [7, 11) is 0. The lowest BCUT2D eigenvalue weighted by Gasteiger charge is -2.27. The Bertz CT molecular complexity index is 515. The summed E-state index contributed by atoms with van der Waals surface area (Å²) < 4.78 is 5.20. The molecule has 1 aliphatic heterocycles. The van der Waals surface area contributed by atoms with Crippen LogP contribution in [-0.4, -0.2) is 48.6 Å². The molecule has 1 atom stereocenters. The van der Waals surface area contributed by atoms with Crippen LogP contribution in [0.3, 0.4) is 0 Å². The fourth-order valence-electron chi connectivity index (χ4n) is 2.29. The molecule has 114 valence electrons. The number of nitrogens with zero attached hydrogens (tertiary/aromatic N) is 2. The minimum Gasteiger partial charge on any atom is -0.378 e. The van der Waals surface area contributed by atoms with Gasteiger partial charge in [0.15, 0.2) is 0 Å². The van der Waals surface area contributed by atoms with E-state index in [4.69, 9.17) is 4.74 Å². The molecule has 1 N–H and O–H groups in total. The number of hydrogen-bond donors (Lipinski definition) is 1. The molecular formula is C14H19N3O4. The summed E-state index contributed by atoms with van der Waals surface area (Å²) >= 11 is 0. The van der Waals surface area contributed by atoms with Crippen molar-refractivity contribution in [3.8, 4) is 0 Å². The second-order valence-electron chi connectivity index (χ2n) is 4.91. The molecule has 0 saturated carbocycles. The number of amides is 1. The molecule has 0 aliphatic carbocycles. The topological polar surface area (TPSA) is 84.7 Å². The maximum absolute atomic E-state index is 12.0. The zero-order chi connectivity index (χ0) is 15.2. The summed E-state index contributed by atoms with van der Waals surface area (Å²) in [4.78, 5) is 24.4. The number of carbonyl (C=O) groups excluding carboxylic acids is 1. The number of ether oxygens (including phenoxy) is 1. The first-order valence-electron chi connectivity index (χ1n) is 6.92. The first-order chi connectivity index (χ1) is 10.1. The first kappa shape index (κ1) is 15.4. The van der Waals surface area contributed by atoms with E-state index in [-0.39, 0.29) is 24.2 Å². The Kier molecular flexibility index (Phi) is 5.24. The average Bonchev–Trinajstić information content (AvgIpc) is 2.53. The van der Waals surface area contributed by atoms with Crippen LogP contribution in [0.15, 0.2) is 24.3 Å². The first-order valence-corrected chi connectivity index (χ1v) is 6.92. The normalized spacial score (nSPS) is 16.5. The molecule has 0 spiro atoms.